The third-order valence-electron chi connectivity index (χ3n) is 2.03. The van der Waals surface area contributed by atoms with Crippen molar-refractivity contribution in [3.63, 3.8) is 0 Å². The van der Waals surface area contributed by atoms with Crippen molar-refractivity contribution in [2.24, 2.45) is 5.73 Å². The molecule has 0 radical (unpaired) electrons. The number of para-hydroxylation sites is 1. The molecule has 7 heteroatoms. The van der Waals surface area contributed by atoms with E-state index in [1.165, 1.54) is 24.3 Å². The van der Waals surface area contributed by atoms with E-state index in [1.807, 2.05) is 0 Å². The van der Waals surface area contributed by atoms with Gasteiger partial charge < -0.3 is 10.5 Å². The first kappa shape index (κ1) is 16.7. The Labute approximate surface area is 108 Å². The van der Waals surface area contributed by atoms with Gasteiger partial charge in [-0.05, 0) is 6.07 Å². The maximum Gasteiger partial charge on any atom is 0.461 e. The van der Waals surface area contributed by atoms with Crippen molar-refractivity contribution >= 4 is 12.4 Å². The molecule has 1 atom stereocenters. The Morgan fingerprint density at radius 2 is 1.83 bits per heavy atom. The largest absolute Gasteiger partial charge is 0.461 e. The lowest BCUT2D eigenvalue weighted by Gasteiger charge is -2.20. The summed E-state index contributed by atoms with van der Waals surface area (Å²) in [5, 5.41) is 0. The molecule has 0 aliphatic heterocycles. The van der Waals surface area contributed by atoms with E-state index in [4.69, 9.17) is 5.73 Å². The summed E-state index contributed by atoms with van der Waals surface area (Å²) in [6.45, 7) is 3.39. The monoisotopic (exact) mass is 285 g/mol. The van der Waals surface area contributed by atoms with E-state index >= 15 is 0 Å². The molecule has 2 N–H and O–H groups in total. The second kappa shape index (κ2) is 6.61. The normalized spacial score (nSPS) is 12.8. The molecule has 0 aliphatic carbocycles. The highest BCUT2D eigenvalue weighted by Gasteiger charge is 2.44. The van der Waals surface area contributed by atoms with Crippen molar-refractivity contribution in [2.75, 3.05) is 0 Å². The number of halogens is 5. The second-order valence-corrected chi connectivity index (χ2v) is 3.26. The Morgan fingerprint density at radius 3 is 2.33 bits per heavy atom. The predicted molar refractivity (Wildman–Crippen MR) is 62.4 cm³/mol. The van der Waals surface area contributed by atoms with Gasteiger partial charge in [0.1, 0.15) is 5.75 Å². The highest BCUT2D eigenvalue weighted by molar-refractivity contribution is 5.85. The van der Waals surface area contributed by atoms with Crippen LogP contribution in [0.5, 0.6) is 5.75 Å². The van der Waals surface area contributed by atoms with Gasteiger partial charge in [0, 0.05) is 5.56 Å². The van der Waals surface area contributed by atoms with Crippen molar-refractivity contribution < 1.29 is 22.3 Å². The molecule has 102 valence electrons. The SMILES string of the molecule is C=C[C@H](N)c1ccccc1OC(F)(F)C(F)F.Cl. The van der Waals surface area contributed by atoms with E-state index in [-0.39, 0.29) is 23.7 Å². The lowest BCUT2D eigenvalue weighted by Crippen LogP contribution is -2.34. The van der Waals surface area contributed by atoms with Gasteiger partial charge in [0.25, 0.3) is 0 Å². The minimum absolute atomic E-state index is 0. The molecule has 1 rings (SSSR count). The fourth-order valence-corrected chi connectivity index (χ4v) is 1.17. The Balaban J connectivity index is 0.00000289. The summed E-state index contributed by atoms with van der Waals surface area (Å²) in [4.78, 5) is 0. The van der Waals surface area contributed by atoms with Crippen LogP contribution < -0.4 is 10.5 Å². The van der Waals surface area contributed by atoms with Gasteiger partial charge in [0.15, 0.2) is 0 Å². The zero-order valence-electron chi connectivity index (χ0n) is 9.15. The van der Waals surface area contributed by atoms with Crippen LogP contribution >= 0.6 is 12.4 Å². The maximum atomic E-state index is 12.7. The molecule has 0 fully saturated rings. The highest BCUT2D eigenvalue weighted by atomic mass is 35.5. The smallest absolute Gasteiger partial charge is 0.428 e. The van der Waals surface area contributed by atoms with Crippen LogP contribution in [0.4, 0.5) is 17.6 Å². The standard InChI is InChI=1S/C11H11F4NO.ClH/c1-2-8(16)7-5-3-4-6-9(7)17-11(14,15)10(12)13;/h2-6,8,10H,1,16H2;1H/t8-;/m0./s1. The first-order valence-corrected chi connectivity index (χ1v) is 4.70. The molecule has 18 heavy (non-hydrogen) atoms. The van der Waals surface area contributed by atoms with Gasteiger partial charge in [-0.25, -0.2) is 0 Å². The number of ether oxygens (including phenoxy) is 1. The number of hydrogen-bond acceptors (Lipinski definition) is 2. The number of nitrogens with two attached hydrogens (primary N) is 1. The van der Waals surface area contributed by atoms with Crippen LogP contribution in [-0.2, 0) is 0 Å². The Bertz CT molecular complexity index is 400. The average Bonchev–Trinajstić information content (AvgIpc) is 2.28. The van der Waals surface area contributed by atoms with Gasteiger partial charge in [0.2, 0.25) is 0 Å². The van der Waals surface area contributed by atoms with Gasteiger partial charge in [-0.3, -0.25) is 0 Å². The van der Waals surface area contributed by atoms with Gasteiger partial charge in [0.05, 0.1) is 6.04 Å². The van der Waals surface area contributed by atoms with Crippen molar-refractivity contribution in [3.8, 4) is 5.75 Å². The molecule has 1 aromatic rings. The van der Waals surface area contributed by atoms with Crippen molar-refractivity contribution in [1.29, 1.82) is 0 Å². The van der Waals surface area contributed by atoms with Crippen LogP contribution in [0.25, 0.3) is 0 Å². The van der Waals surface area contributed by atoms with Crippen LogP contribution in [-0.4, -0.2) is 12.5 Å². The van der Waals surface area contributed by atoms with Crippen LogP contribution in [0.1, 0.15) is 11.6 Å². The zero-order valence-corrected chi connectivity index (χ0v) is 9.97. The fraction of sp³-hybridized carbons (Fsp3) is 0.273. The fourth-order valence-electron chi connectivity index (χ4n) is 1.17. The number of rotatable bonds is 5. The third kappa shape index (κ3) is 3.89. The van der Waals surface area contributed by atoms with E-state index in [9.17, 15) is 17.6 Å². The number of alkyl halides is 4. The molecule has 1 aromatic carbocycles. The summed E-state index contributed by atoms with van der Waals surface area (Å²) >= 11 is 0. The van der Waals surface area contributed by atoms with Crippen molar-refractivity contribution in [1.82, 2.24) is 0 Å². The van der Waals surface area contributed by atoms with Gasteiger partial charge in [-0.2, -0.15) is 17.6 Å². The number of hydrogen-bond donors (Lipinski definition) is 1. The molecule has 0 bridgehead atoms. The first-order chi connectivity index (χ1) is 7.88. The van der Waals surface area contributed by atoms with E-state index in [2.05, 4.69) is 11.3 Å². The third-order valence-corrected chi connectivity index (χ3v) is 2.03. The summed E-state index contributed by atoms with van der Waals surface area (Å²) in [7, 11) is 0. The molecule has 0 amide bonds. The average molecular weight is 286 g/mol. The minimum Gasteiger partial charge on any atom is -0.428 e. The molecule has 0 spiro atoms. The summed E-state index contributed by atoms with van der Waals surface area (Å²) in [6, 6.07) is 4.71. The molecular formula is C11H12ClF4NO. The van der Waals surface area contributed by atoms with E-state index in [0.29, 0.717) is 0 Å². The second-order valence-electron chi connectivity index (χ2n) is 3.26. The van der Waals surface area contributed by atoms with Crippen LogP contribution in [0.3, 0.4) is 0 Å². The zero-order chi connectivity index (χ0) is 13.1. The molecule has 0 aromatic heterocycles. The van der Waals surface area contributed by atoms with Crippen molar-refractivity contribution in [2.45, 2.75) is 18.6 Å². The molecule has 0 saturated heterocycles. The summed E-state index contributed by atoms with van der Waals surface area (Å²) in [6.07, 6.45) is -7.16. The molecule has 2 nitrogen and oxygen atoms in total. The molecular weight excluding hydrogens is 274 g/mol. The predicted octanol–water partition coefficient (Wildman–Crippen LogP) is 3.53. The van der Waals surface area contributed by atoms with E-state index < -0.39 is 18.6 Å². The van der Waals surface area contributed by atoms with Gasteiger partial charge >= 0.3 is 12.5 Å². The Kier molecular flexibility index (Phi) is 6.14. The minimum atomic E-state index is -4.54. The topological polar surface area (TPSA) is 35.2 Å². The lowest BCUT2D eigenvalue weighted by atomic mass is 10.1. The Morgan fingerprint density at radius 1 is 1.28 bits per heavy atom. The van der Waals surface area contributed by atoms with Crippen molar-refractivity contribution in [3.05, 3.63) is 42.5 Å². The summed E-state index contributed by atoms with van der Waals surface area (Å²) in [5.41, 5.74) is 5.73. The molecule has 0 aliphatic rings. The van der Waals surface area contributed by atoms with Gasteiger partial charge in [-0.15, -0.1) is 19.0 Å². The van der Waals surface area contributed by atoms with Crippen LogP contribution in [0.2, 0.25) is 0 Å². The maximum absolute atomic E-state index is 12.7. The van der Waals surface area contributed by atoms with Crippen LogP contribution in [0.15, 0.2) is 36.9 Å². The highest BCUT2D eigenvalue weighted by Crippen LogP contribution is 2.32. The summed E-state index contributed by atoms with van der Waals surface area (Å²) in [5.74, 6) is -0.384. The number of benzene rings is 1. The molecule has 0 saturated carbocycles. The quantitative estimate of drug-likeness (QED) is 0.663. The summed E-state index contributed by atoms with van der Waals surface area (Å²) < 4.78 is 53.5. The van der Waals surface area contributed by atoms with Crippen LogP contribution in [0, 0.1) is 0 Å². The molecule has 0 unspecified atom stereocenters. The van der Waals surface area contributed by atoms with E-state index in [1.54, 1.807) is 0 Å². The van der Waals surface area contributed by atoms with Gasteiger partial charge in [-0.1, -0.05) is 24.3 Å². The lowest BCUT2D eigenvalue weighted by molar-refractivity contribution is -0.253. The van der Waals surface area contributed by atoms with E-state index in [0.717, 1.165) is 6.07 Å². The molecule has 0 heterocycles. The Hall–Kier alpha value is -1.27. The first-order valence-electron chi connectivity index (χ1n) is 4.70.